The molecule has 0 unspecified atom stereocenters. The summed E-state index contributed by atoms with van der Waals surface area (Å²) < 4.78 is 2.05. The zero-order valence-corrected chi connectivity index (χ0v) is 24.9. The summed E-state index contributed by atoms with van der Waals surface area (Å²) in [4.78, 5) is 25.1. The maximum absolute atomic E-state index is 12.9. The molecule has 208 valence electrons. The van der Waals surface area contributed by atoms with Crippen molar-refractivity contribution in [3.8, 4) is 0 Å². The fourth-order valence-electron chi connectivity index (χ4n) is 4.14. The highest BCUT2D eigenvalue weighted by Crippen LogP contribution is 2.36. The number of nitrogens with one attached hydrogen (secondary N) is 1. The lowest BCUT2D eigenvalue weighted by Gasteiger charge is -2.28. The molecule has 0 aliphatic carbocycles. The van der Waals surface area contributed by atoms with Gasteiger partial charge in [0.05, 0.1) is 18.0 Å². The van der Waals surface area contributed by atoms with Gasteiger partial charge in [0.25, 0.3) is 0 Å². The van der Waals surface area contributed by atoms with Gasteiger partial charge in [0.2, 0.25) is 0 Å². The highest BCUT2D eigenvalue weighted by atomic mass is 16.1. The van der Waals surface area contributed by atoms with Gasteiger partial charge >= 0.3 is 0 Å². The van der Waals surface area contributed by atoms with Gasteiger partial charge in [0, 0.05) is 42.8 Å². The first kappa shape index (κ1) is 34.3. The lowest BCUT2D eigenvalue weighted by atomic mass is 9.89. The lowest BCUT2D eigenvalue weighted by Crippen LogP contribution is -2.24. The van der Waals surface area contributed by atoms with Crippen molar-refractivity contribution in [2.75, 3.05) is 7.05 Å². The van der Waals surface area contributed by atoms with Crippen LogP contribution in [0.1, 0.15) is 96.4 Å². The Morgan fingerprint density at radius 2 is 1.82 bits per heavy atom. The molecule has 0 saturated carbocycles. The topological polar surface area (TPSA) is 103 Å². The molecule has 1 atom stereocenters. The van der Waals surface area contributed by atoms with E-state index < -0.39 is 0 Å². The van der Waals surface area contributed by atoms with Crippen LogP contribution in [0.5, 0.6) is 0 Å². The smallest absolute Gasteiger partial charge is 0.192 e. The highest BCUT2D eigenvalue weighted by Gasteiger charge is 2.22. The van der Waals surface area contributed by atoms with E-state index in [1.807, 2.05) is 46.8 Å². The van der Waals surface area contributed by atoms with Gasteiger partial charge in [-0.2, -0.15) is 10.2 Å². The zero-order chi connectivity index (χ0) is 29.4. The normalized spacial score (nSPS) is 12.6. The first-order valence-corrected chi connectivity index (χ1v) is 13.4. The van der Waals surface area contributed by atoms with Gasteiger partial charge < -0.3 is 15.6 Å². The van der Waals surface area contributed by atoms with E-state index in [-0.39, 0.29) is 28.7 Å². The van der Waals surface area contributed by atoms with Gasteiger partial charge in [-0.25, -0.2) is 0 Å². The number of nitrogens with two attached hydrogens (primary N) is 1. The molecule has 3 N–H and O–H groups in total. The first-order valence-electron chi connectivity index (χ1n) is 13.4. The van der Waals surface area contributed by atoms with Gasteiger partial charge in [-0.05, 0) is 66.8 Å². The summed E-state index contributed by atoms with van der Waals surface area (Å²) in [6, 6.07) is 3.48. The Morgan fingerprint density at radius 3 is 2.26 bits per heavy atom. The Kier molecular flexibility index (Phi) is 15.9. The first-order chi connectivity index (χ1) is 18.2. The van der Waals surface area contributed by atoms with Gasteiger partial charge in [-0.3, -0.25) is 9.59 Å². The van der Waals surface area contributed by atoms with Crippen molar-refractivity contribution >= 4 is 16.9 Å². The van der Waals surface area contributed by atoms with Gasteiger partial charge in [0.1, 0.15) is 0 Å². The Morgan fingerprint density at radius 1 is 1.18 bits per heavy atom. The van der Waals surface area contributed by atoms with E-state index in [0.29, 0.717) is 11.1 Å². The molecule has 2 aromatic rings. The average molecular weight is 522 g/mol. The maximum atomic E-state index is 12.9. The minimum Gasteiger partial charge on any atom is -0.404 e. The third-order valence-electron chi connectivity index (χ3n) is 5.90. The second-order valence-electron chi connectivity index (χ2n) is 8.47. The maximum Gasteiger partial charge on any atom is 0.192 e. The number of hydrogen-bond acceptors (Lipinski definition) is 6. The fraction of sp³-hybridized carbons (Fsp3) is 0.419. The molecule has 0 aliphatic heterocycles. The third kappa shape index (κ3) is 8.68. The number of hydrogen-bond donors (Lipinski definition) is 2. The number of Topliss-reactive ketones (excluding diaryl/α,β-unsaturated/α-hetero) is 1. The molecule has 0 fully saturated rings. The summed E-state index contributed by atoms with van der Waals surface area (Å²) >= 11 is 0. The summed E-state index contributed by atoms with van der Waals surface area (Å²) in [5.74, 6) is 0.0326. The van der Waals surface area contributed by atoms with E-state index in [9.17, 15) is 9.59 Å². The van der Waals surface area contributed by atoms with Crippen LogP contribution in [0.25, 0.3) is 11.1 Å². The van der Waals surface area contributed by atoms with Gasteiger partial charge in [-0.15, -0.1) is 0 Å². The van der Waals surface area contributed by atoms with Crippen LogP contribution in [0, 0.1) is 5.92 Å². The van der Waals surface area contributed by atoms with E-state index in [4.69, 9.17) is 5.73 Å². The van der Waals surface area contributed by atoms with Crippen LogP contribution in [-0.4, -0.2) is 27.6 Å². The summed E-state index contributed by atoms with van der Waals surface area (Å²) in [6.07, 6.45) is 10.9. The van der Waals surface area contributed by atoms with E-state index in [1.165, 1.54) is 13.1 Å². The molecule has 0 saturated heterocycles. The second kappa shape index (κ2) is 17.7. The molecular formula is C31H47N5O2. The predicted molar refractivity (Wildman–Crippen MR) is 162 cm³/mol. The molecule has 7 heteroatoms. The minimum absolute atomic E-state index is 0.0856. The molecule has 7 nitrogen and oxygen atoms in total. The van der Waals surface area contributed by atoms with Gasteiger partial charge in [0.15, 0.2) is 11.2 Å². The van der Waals surface area contributed by atoms with Crippen molar-refractivity contribution in [2.45, 2.75) is 74.8 Å². The molecule has 0 aliphatic rings. The van der Waals surface area contributed by atoms with Crippen molar-refractivity contribution < 1.29 is 4.79 Å². The number of carbonyl (C=O) groups excluding carboxylic acids is 1. The molecule has 0 bridgehead atoms. The zero-order valence-electron chi connectivity index (χ0n) is 24.9. The molecule has 0 amide bonds. The molecule has 38 heavy (non-hydrogen) atoms. The molecular weight excluding hydrogens is 474 g/mol. The molecule has 0 aromatic carbocycles. The van der Waals surface area contributed by atoms with Crippen LogP contribution >= 0.6 is 0 Å². The Labute approximate surface area is 229 Å². The van der Waals surface area contributed by atoms with Gasteiger partial charge in [-0.1, -0.05) is 55.0 Å². The Balaban J connectivity index is 0.00000326. The molecule has 2 aromatic heterocycles. The number of nitrogens with zero attached hydrogens (tertiary/aromatic N) is 3. The summed E-state index contributed by atoms with van der Waals surface area (Å²) in [7, 11) is 1.80. The summed E-state index contributed by atoms with van der Waals surface area (Å²) in [5, 5.41) is 10.9. The van der Waals surface area contributed by atoms with Crippen LogP contribution < -0.4 is 16.5 Å². The van der Waals surface area contributed by atoms with Crippen molar-refractivity contribution in [1.82, 2.24) is 20.1 Å². The number of rotatable bonds is 10. The van der Waals surface area contributed by atoms with Crippen molar-refractivity contribution in [3.63, 3.8) is 0 Å². The number of ketones is 1. The predicted octanol–water partition coefficient (Wildman–Crippen LogP) is 6.56. The second-order valence-corrected chi connectivity index (χ2v) is 8.47. The Bertz CT molecular complexity index is 1190. The minimum atomic E-state index is -0.306. The fourth-order valence-corrected chi connectivity index (χ4v) is 4.14. The van der Waals surface area contributed by atoms with E-state index in [1.54, 1.807) is 37.9 Å². The standard InChI is InChI=1S/C27H35N5O2.2C2H6/c1-8-24(17(2)3)32-16-23(20(6)33)26(34)13-25(32)19(5)27(22-10-12-30-31-15-22)18(4)21(14-28)9-11-29-7;2*1-2/h9-17,24,29H,4,8,28H2,1-3,5-7H3;2*1-2H3/b11-9-,21-14+,27-19-;;/t24-;;/m0../s1. The molecule has 2 heterocycles. The number of carbonyl (C=O) groups is 1. The highest BCUT2D eigenvalue weighted by molar-refractivity contribution is 6.00. The summed E-state index contributed by atoms with van der Waals surface area (Å²) in [5.41, 5.74) is 10.3. The van der Waals surface area contributed by atoms with Crippen molar-refractivity contribution in [3.05, 3.63) is 94.0 Å². The molecule has 2 rings (SSSR count). The molecule has 0 radical (unpaired) electrons. The van der Waals surface area contributed by atoms with Crippen LogP contribution in [0.3, 0.4) is 0 Å². The van der Waals surface area contributed by atoms with Crippen LogP contribution in [0.2, 0.25) is 0 Å². The van der Waals surface area contributed by atoms with Crippen LogP contribution in [0.15, 0.2) is 71.7 Å². The third-order valence-corrected chi connectivity index (χ3v) is 5.90. The van der Waals surface area contributed by atoms with Crippen molar-refractivity contribution in [2.24, 2.45) is 11.7 Å². The largest absolute Gasteiger partial charge is 0.404 e. The van der Waals surface area contributed by atoms with E-state index in [0.717, 1.165) is 28.8 Å². The number of pyridine rings is 1. The monoisotopic (exact) mass is 521 g/mol. The van der Waals surface area contributed by atoms with E-state index >= 15 is 0 Å². The number of aromatic nitrogens is 3. The van der Waals surface area contributed by atoms with Crippen LogP contribution in [-0.2, 0) is 0 Å². The number of allylic oxidation sites excluding steroid dienone is 5. The van der Waals surface area contributed by atoms with Crippen LogP contribution in [0.4, 0.5) is 0 Å². The molecule has 0 spiro atoms. The Hall–Kier alpha value is -3.74. The lowest BCUT2D eigenvalue weighted by molar-refractivity contribution is 0.101. The quantitative estimate of drug-likeness (QED) is 0.271. The SMILES string of the molecule is C=C(/C(=C(\C)c1cc(=O)c(C(C)=O)cn1[C@@H](CC)C(C)C)c1ccnnc1)C(/C=C\NC)=C/N.CC.CC. The van der Waals surface area contributed by atoms with E-state index in [2.05, 4.69) is 47.4 Å². The average Bonchev–Trinajstić information content (AvgIpc) is 2.92. The summed E-state index contributed by atoms with van der Waals surface area (Å²) in [6.45, 7) is 22.1. The van der Waals surface area contributed by atoms with Crippen molar-refractivity contribution in [1.29, 1.82) is 0 Å².